The number of halogens is 3. The van der Waals surface area contributed by atoms with E-state index in [0.29, 0.717) is 16.7 Å². The van der Waals surface area contributed by atoms with Crippen molar-refractivity contribution in [3.63, 3.8) is 0 Å². The van der Waals surface area contributed by atoms with Gasteiger partial charge in [0.25, 0.3) is 0 Å². The Morgan fingerprint density at radius 3 is 2.35 bits per heavy atom. The van der Waals surface area contributed by atoms with Crippen molar-refractivity contribution < 1.29 is 18.3 Å². The lowest BCUT2D eigenvalue weighted by Gasteiger charge is -2.14. The highest BCUT2D eigenvalue weighted by molar-refractivity contribution is 5.81. The minimum absolute atomic E-state index is 0.0225. The maximum atomic E-state index is 13.2. The highest BCUT2D eigenvalue weighted by Gasteiger charge is 2.33. The van der Waals surface area contributed by atoms with Crippen molar-refractivity contribution in [3.05, 3.63) is 72.1 Å². The third kappa shape index (κ3) is 3.48. The minimum Gasteiger partial charge on any atom is -0.507 e. The molecule has 3 nitrogen and oxygen atoms in total. The highest BCUT2D eigenvalue weighted by Crippen LogP contribution is 2.38. The second-order valence-corrected chi connectivity index (χ2v) is 4.76. The molecule has 2 aromatic rings. The second kappa shape index (κ2) is 6.48. The van der Waals surface area contributed by atoms with Gasteiger partial charge in [0, 0.05) is 17.3 Å². The SMILES string of the molecule is N/C=C\C(=C/N)c1cc(-c2ccccc2C(F)(F)F)ccc1O. The van der Waals surface area contributed by atoms with Gasteiger partial charge in [-0.05, 0) is 41.6 Å². The van der Waals surface area contributed by atoms with Gasteiger partial charge in [0.15, 0.2) is 0 Å². The molecular formula is C17H15F3N2O. The number of hydrogen-bond donors (Lipinski definition) is 3. The Balaban J connectivity index is 2.64. The molecule has 0 heterocycles. The predicted molar refractivity (Wildman–Crippen MR) is 84.0 cm³/mol. The van der Waals surface area contributed by atoms with E-state index >= 15 is 0 Å². The van der Waals surface area contributed by atoms with Crippen LogP contribution in [0.5, 0.6) is 5.75 Å². The van der Waals surface area contributed by atoms with Crippen LogP contribution in [0.3, 0.4) is 0 Å². The van der Waals surface area contributed by atoms with Crippen LogP contribution >= 0.6 is 0 Å². The molecule has 2 aromatic carbocycles. The Morgan fingerprint density at radius 2 is 1.74 bits per heavy atom. The summed E-state index contributed by atoms with van der Waals surface area (Å²) in [5.74, 6) is -0.104. The first kappa shape index (κ1) is 16.5. The van der Waals surface area contributed by atoms with E-state index in [4.69, 9.17) is 11.5 Å². The van der Waals surface area contributed by atoms with Crippen molar-refractivity contribution in [2.75, 3.05) is 0 Å². The summed E-state index contributed by atoms with van der Waals surface area (Å²) in [5, 5.41) is 9.95. The Bertz CT molecular complexity index is 765. The van der Waals surface area contributed by atoms with Crippen molar-refractivity contribution >= 4 is 5.57 Å². The first-order chi connectivity index (χ1) is 10.9. The molecule has 0 aliphatic heterocycles. The molecule has 0 saturated carbocycles. The molecule has 2 rings (SSSR count). The van der Waals surface area contributed by atoms with Crippen molar-refractivity contribution in [2.24, 2.45) is 11.5 Å². The molecule has 120 valence electrons. The fourth-order valence-corrected chi connectivity index (χ4v) is 2.26. The summed E-state index contributed by atoms with van der Waals surface area (Å²) in [6.45, 7) is 0. The fourth-order valence-electron chi connectivity index (χ4n) is 2.26. The van der Waals surface area contributed by atoms with Gasteiger partial charge in [0.2, 0.25) is 0 Å². The molecule has 0 amide bonds. The summed E-state index contributed by atoms with van der Waals surface area (Å²) in [5.41, 5.74) is 11.1. The predicted octanol–water partition coefficient (Wildman–Crippen LogP) is 3.85. The number of nitrogens with two attached hydrogens (primary N) is 2. The first-order valence-corrected chi connectivity index (χ1v) is 6.68. The molecule has 0 unspecified atom stereocenters. The Labute approximate surface area is 131 Å². The summed E-state index contributed by atoms with van der Waals surface area (Å²) < 4.78 is 39.5. The molecular weight excluding hydrogens is 305 g/mol. The second-order valence-electron chi connectivity index (χ2n) is 4.76. The molecule has 0 aliphatic rings. The van der Waals surface area contributed by atoms with E-state index in [2.05, 4.69) is 0 Å². The van der Waals surface area contributed by atoms with Gasteiger partial charge in [0.05, 0.1) is 5.56 Å². The van der Waals surface area contributed by atoms with Crippen LogP contribution in [0.4, 0.5) is 13.2 Å². The monoisotopic (exact) mass is 320 g/mol. The van der Waals surface area contributed by atoms with Crippen molar-refractivity contribution in [3.8, 4) is 16.9 Å². The van der Waals surface area contributed by atoms with Crippen molar-refractivity contribution in [1.29, 1.82) is 0 Å². The van der Waals surface area contributed by atoms with E-state index in [1.54, 1.807) is 0 Å². The lowest BCUT2D eigenvalue weighted by atomic mass is 9.95. The highest BCUT2D eigenvalue weighted by atomic mass is 19.4. The zero-order chi connectivity index (χ0) is 17.0. The number of aromatic hydroxyl groups is 1. The molecule has 0 aliphatic carbocycles. The Kier molecular flexibility index (Phi) is 4.64. The number of alkyl halides is 3. The number of hydrogen-bond acceptors (Lipinski definition) is 3. The summed E-state index contributed by atoms with van der Waals surface area (Å²) in [6.07, 6.45) is -0.570. The van der Waals surface area contributed by atoms with E-state index in [-0.39, 0.29) is 11.3 Å². The lowest BCUT2D eigenvalue weighted by Crippen LogP contribution is -2.06. The van der Waals surface area contributed by atoms with Gasteiger partial charge in [-0.3, -0.25) is 0 Å². The standard InChI is InChI=1S/C17H15F3N2O/c18-17(19,20)15-4-2-1-3-13(15)11-5-6-16(23)14(9-11)12(10-22)7-8-21/h1-10,23H,21-22H2/b8-7-,12-10+. The average Bonchev–Trinajstić information content (AvgIpc) is 2.52. The number of allylic oxidation sites excluding steroid dienone is 2. The maximum Gasteiger partial charge on any atom is 0.417 e. The third-order valence-electron chi connectivity index (χ3n) is 3.31. The van der Waals surface area contributed by atoms with Gasteiger partial charge >= 0.3 is 6.18 Å². The van der Waals surface area contributed by atoms with Gasteiger partial charge < -0.3 is 16.6 Å². The molecule has 0 saturated heterocycles. The van der Waals surface area contributed by atoms with Crippen LogP contribution in [-0.4, -0.2) is 5.11 Å². The van der Waals surface area contributed by atoms with Gasteiger partial charge in [-0.15, -0.1) is 0 Å². The number of benzene rings is 2. The third-order valence-corrected chi connectivity index (χ3v) is 3.31. The zero-order valence-electron chi connectivity index (χ0n) is 12.0. The van der Waals surface area contributed by atoms with E-state index in [1.165, 1.54) is 54.9 Å². The Hall–Kier alpha value is -2.89. The smallest absolute Gasteiger partial charge is 0.417 e. The number of phenols is 1. The summed E-state index contributed by atoms with van der Waals surface area (Å²) >= 11 is 0. The van der Waals surface area contributed by atoms with E-state index in [1.807, 2.05) is 0 Å². The van der Waals surface area contributed by atoms with Crippen LogP contribution in [0.25, 0.3) is 16.7 Å². The molecule has 23 heavy (non-hydrogen) atoms. The quantitative estimate of drug-likeness (QED) is 0.752. The zero-order valence-corrected chi connectivity index (χ0v) is 12.0. The molecule has 0 fully saturated rings. The van der Waals surface area contributed by atoms with Gasteiger partial charge in [-0.25, -0.2) is 0 Å². The van der Waals surface area contributed by atoms with Gasteiger partial charge in [-0.2, -0.15) is 13.2 Å². The maximum absolute atomic E-state index is 13.2. The van der Waals surface area contributed by atoms with Gasteiger partial charge in [-0.1, -0.05) is 24.3 Å². The lowest BCUT2D eigenvalue weighted by molar-refractivity contribution is -0.137. The Morgan fingerprint density at radius 1 is 1.04 bits per heavy atom. The molecule has 6 heteroatoms. The summed E-state index contributed by atoms with van der Waals surface area (Å²) in [7, 11) is 0. The normalized spacial score (nSPS) is 12.7. The van der Waals surface area contributed by atoms with Gasteiger partial charge in [0.1, 0.15) is 5.75 Å². The van der Waals surface area contributed by atoms with Crippen molar-refractivity contribution in [1.82, 2.24) is 0 Å². The molecule has 0 atom stereocenters. The van der Waals surface area contributed by atoms with Crippen LogP contribution in [0.1, 0.15) is 11.1 Å². The largest absolute Gasteiger partial charge is 0.507 e. The van der Waals surface area contributed by atoms with Crippen LogP contribution in [0.2, 0.25) is 0 Å². The van der Waals surface area contributed by atoms with Crippen LogP contribution in [0.15, 0.2) is 60.9 Å². The molecule has 5 N–H and O–H groups in total. The molecule has 0 spiro atoms. The summed E-state index contributed by atoms with van der Waals surface area (Å²) in [6, 6.07) is 9.44. The average molecular weight is 320 g/mol. The van der Waals surface area contributed by atoms with Crippen LogP contribution in [-0.2, 0) is 6.18 Å². The molecule has 0 radical (unpaired) electrons. The molecule has 0 bridgehead atoms. The number of phenolic OH excluding ortho intramolecular Hbond substituents is 1. The van der Waals surface area contributed by atoms with Crippen LogP contribution in [0, 0.1) is 0 Å². The topological polar surface area (TPSA) is 72.3 Å². The van der Waals surface area contributed by atoms with E-state index in [9.17, 15) is 18.3 Å². The summed E-state index contributed by atoms with van der Waals surface area (Å²) in [4.78, 5) is 0. The minimum atomic E-state index is -4.47. The molecule has 0 aromatic heterocycles. The fraction of sp³-hybridized carbons (Fsp3) is 0.0588. The van der Waals surface area contributed by atoms with E-state index in [0.717, 1.165) is 6.07 Å². The van der Waals surface area contributed by atoms with Crippen LogP contribution < -0.4 is 11.5 Å². The number of rotatable bonds is 3. The first-order valence-electron chi connectivity index (χ1n) is 6.68. The van der Waals surface area contributed by atoms with E-state index < -0.39 is 11.7 Å². The van der Waals surface area contributed by atoms with Crippen molar-refractivity contribution in [2.45, 2.75) is 6.18 Å².